The van der Waals surface area contributed by atoms with Crippen molar-refractivity contribution in [3.63, 3.8) is 0 Å². The van der Waals surface area contributed by atoms with Crippen LogP contribution >= 0.6 is 0 Å². The molecule has 1 aliphatic rings. The minimum atomic E-state index is -1.49. The molecule has 3 unspecified atom stereocenters. The average molecular weight is 376 g/mol. The molecule has 0 aliphatic carbocycles. The van der Waals surface area contributed by atoms with Gasteiger partial charge in [0, 0.05) is 18.1 Å². The van der Waals surface area contributed by atoms with E-state index in [1.807, 2.05) is 30.3 Å². The van der Waals surface area contributed by atoms with E-state index >= 15 is 0 Å². The third-order valence-electron chi connectivity index (χ3n) is 5.04. The molecule has 8 heteroatoms. The van der Waals surface area contributed by atoms with Gasteiger partial charge in [-0.25, -0.2) is 0 Å². The average Bonchev–Trinajstić information content (AvgIpc) is 3.07. The van der Waals surface area contributed by atoms with Crippen LogP contribution in [0.1, 0.15) is 23.1 Å². The van der Waals surface area contributed by atoms with Crippen molar-refractivity contribution < 1.29 is 14.5 Å². The highest BCUT2D eigenvalue weighted by Crippen LogP contribution is 2.52. The summed E-state index contributed by atoms with van der Waals surface area (Å²) >= 11 is 0. The monoisotopic (exact) mass is 376 g/mol. The van der Waals surface area contributed by atoms with Crippen LogP contribution in [-0.4, -0.2) is 24.0 Å². The first-order valence-electron chi connectivity index (χ1n) is 8.50. The smallest absolute Gasteiger partial charge is 0.293 e. The minimum Gasteiger partial charge on any atom is -0.466 e. The lowest BCUT2D eigenvalue weighted by atomic mass is 9.69. The highest BCUT2D eigenvalue weighted by atomic mass is 16.6. The van der Waals surface area contributed by atoms with Crippen molar-refractivity contribution in [2.24, 2.45) is 5.41 Å². The molecule has 0 saturated carbocycles. The fourth-order valence-electron chi connectivity index (χ4n) is 3.82. The van der Waals surface area contributed by atoms with E-state index in [1.54, 1.807) is 0 Å². The van der Waals surface area contributed by atoms with Crippen LogP contribution in [-0.2, 0) is 9.53 Å². The molecule has 3 rings (SSSR count). The van der Waals surface area contributed by atoms with E-state index in [0.717, 1.165) is 5.56 Å². The zero-order valence-corrected chi connectivity index (χ0v) is 14.7. The van der Waals surface area contributed by atoms with E-state index in [2.05, 4.69) is 17.5 Å². The molecule has 0 radical (unpaired) electrons. The number of nitrogens with one attached hydrogen (secondary N) is 1. The van der Waals surface area contributed by atoms with E-state index in [9.17, 15) is 25.4 Å². The zero-order chi connectivity index (χ0) is 20.1. The second-order valence-corrected chi connectivity index (χ2v) is 6.47. The summed E-state index contributed by atoms with van der Waals surface area (Å²) in [5.41, 5.74) is -0.235. The number of ether oxygens (including phenoxy) is 1. The number of non-ortho nitro benzene ring substituents is 1. The maximum absolute atomic E-state index is 10.9. The molecule has 0 bridgehead atoms. The maximum Gasteiger partial charge on any atom is 0.293 e. The van der Waals surface area contributed by atoms with Gasteiger partial charge in [0.25, 0.3) is 12.2 Å². The molecule has 140 valence electrons. The van der Waals surface area contributed by atoms with Crippen molar-refractivity contribution in [3.05, 3.63) is 75.8 Å². The topological polar surface area (TPSA) is 129 Å². The number of benzene rings is 2. The van der Waals surface area contributed by atoms with Gasteiger partial charge < -0.3 is 10.1 Å². The van der Waals surface area contributed by atoms with Crippen molar-refractivity contribution in [2.75, 3.05) is 6.61 Å². The van der Waals surface area contributed by atoms with Crippen LogP contribution < -0.4 is 5.32 Å². The van der Waals surface area contributed by atoms with Crippen LogP contribution in [0.15, 0.2) is 54.6 Å². The normalized spacial score (nSPS) is 22.6. The first kappa shape index (κ1) is 19.0. The van der Waals surface area contributed by atoms with Crippen molar-refractivity contribution in [2.45, 2.75) is 18.0 Å². The molecule has 2 aromatic carbocycles. The summed E-state index contributed by atoms with van der Waals surface area (Å²) < 4.78 is 4.94. The number of carbonyl (C=O) groups excluding carboxylic acids is 1. The SMILES string of the molecule is N#CC1(C#N)C(c2ccc([N+](=O)[O-])cc2)NC(COC=O)C1c1ccccc1. The van der Waals surface area contributed by atoms with Gasteiger partial charge in [-0.15, -0.1) is 0 Å². The van der Waals surface area contributed by atoms with Crippen LogP contribution in [0.2, 0.25) is 0 Å². The summed E-state index contributed by atoms with van der Waals surface area (Å²) in [6.07, 6.45) is 0. The molecule has 1 N–H and O–H groups in total. The lowest BCUT2D eigenvalue weighted by Gasteiger charge is -2.27. The summed E-state index contributed by atoms with van der Waals surface area (Å²) in [6, 6.07) is 18.0. The number of nitro groups is 1. The van der Waals surface area contributed by atoms with Gasteiger partial charge in [0.1, 0.15) is 6.61 Å². The minimum absolute atomic E-state index is 0.0162. The maximum atomic E-state index is 10.9. The first-order chi connectivity index (χ1) is 13.6. The Morgan fingerprint density at radius 3 is 2.29 bits per heavy atom. The Balaban J connectivity index is 2.10. The number of nitriles is 2. The Morgan fingerprint density at radius 1 is 1.11 bits per heavy atom. The second kappa shape index (κ2) is 7.87. The molecule has 2 aromatic rings. The van der Waals surface area contributed by atoms with Gasteiger partial charge in [0.15, 0.2) is 5.41 Å². The summed E-state index contributed by atoms with van der Waals surface area (Å²) in [5.74, 6) is -0.566. The molecule has 8 nitrogen and oxygen atoms in total. The van der Waals surface area contributed by atoms with E-state index in [4.69, 9.17) is 4.74 Å². The third-order valence-corrected chi connectivity index (χ3v) is 5.04. The van der Waals surface area contributed by atoms with Crippen molar-refractivity contribution in [3.8, 4) is 12.1 Å². The highest BCUT2D eigenvalue weighted by molar-refractivity contribution is 5.45. The van der Waals surface area contributed by atoms with Gasteiger partial charge >= 0.3 is 0 Å². The van der Waals surface area contributed by atoms with Crippen LogP contribution in [0.5, 0.6) is 0 Å². The number of nitrogens with zero attached hydrogens (tertiary/aromatic N) is 3. The van der Waals surface area contributed by atoms with Crippen molar-refractivity contribution in [1.29, 1.82) is 10.5 Å². The van der Waals surface area contributed by atoms with Gasteiger partial charge in [0.2, 0.25) is 0 Å². The Hall–Kier alpha value is -3.75. The van der Waals surface area contributed by atoms with Crippen molar-refractivity contribution >= 4 is 12.2 Å². The van der Waals surface area contributed by atoms with Crippen molar-refractivity contribution in [1.82, 2.24) is 5.32 Å². The molecule has 0 aromatic heterocycles. The summed E-state index contributed by atoms with van der Waals surface area (Å²) in [5, 5.41) is 34.2. The predicted octanol–water partition coefficient (Wildman–Crippen LogP) is 2.60. The molecule has 3 atom stereocenters. The number of hydrogen-bond donors (Lipinski definition) is 1. The van der Waals surface area contributed by atoms with Gasteiger partial charge in [-0.2, -0.15) is 10.5 Å². The standard InChI is InChI=1S/C20H16N4O4/c21-11-20(12-22)18(14-4-2-1-3-5-14)17(10-28-13-25)23-19(20)15-6-8-16(9-7-15)24(26)27/h1-9,13,17-19,23H,10H2. The molecule has 28 heavy (non-hydrogen) atoms. The zero-order valence-electron chi connectivity index (χ0n) is 14.7. The third kappa shape index (κ3) is 3.18. The lowest BCUT2D eigenvalue weighted by Crippen LogP contribution is -2.32. The number of nitro benzene ring substituents is 1. The number of hydrogen-bond acceptors (Lipinski definition) is 7. The Kier molecular flexibility index (Phi) is 5.35. The molecule has 1 heterocycles. The van der Waals surface area contributed by atoms with E-state index < -0.39 is 28.3 Å². The molecule has 1 fully saturated rings. The fourth-order valence-corrected chi connectivity index (χ4v) is 3.82. The molecule has 1 aliphatic heterocycles. The van der Waals surface area contributed by atoms with E-state index in [0.29, 0.717) is 12.0 Å². The number of rotatable bonds is 6. The highest BCUT2D eigenvalue weighted by Gasteiger charge is 2.57. The van der Waals surface area contributed by atoms with Crippen LogP contribution in [0, 0.1) is 38.2 Å². The molecular weight excluding hydrogens is 360 g/mol. The summed E-state index contributed by atoms with van der Waals surface area (Å²) in [6.45, 7) is 0.307. The Labute approximate surface area is 161 Å². The largest absolute Gasteiger partial charge is 0.466 e. The van der Waals surface area contributed by atoms with Crippen LogP contribution in [0.25, 0.3) is 0 Å². The Morgan fingerprint density at radius 2 is 1.75 bits per heavy atom. The first-order valence-corrected chi connectivity index (χ1v) is 8.50. The van der Waals surface area contributed by atoms with Gasteiger partial charge in [-0.1, -0.05) is 42.5 Å². The number of carbonyl (C=O) groups is 1. The fraction of sp³-hybridized carbons (Fsp3) is 0.250. The quantitative estimate of drug-likeness (QED) is 0.466. The lowest BCUT2D eigenvalue weighted by molar-refractivity contribution is -0.384. The van der Waals surface area contributed by atoms with Crippen LogP contribution in [0.4, 0.5) is 5.69 Å². The molecule has 0 amide bonds. The van der Waals surface area contributed by atoms with E-state index in [1.165, 1.54) is 24.3 Å². The summed E-state index contributed by atoms with van der Waals surface area (Å²) in [4.78, 5) is 21.1. The molecular formula is C20H16N4O4. The van der Waals surface area contributed by atoms with Gasteiger partial charge in [-0.3, -0.25) is 14.9 Å². The Bertz CT molecular complexity index is 933. The van der Waals surface area contributed by atoms with E-state index in [-0.39, 0.29) is 12.3 Å². The van der Waals surface area contributed by atoms with Gasteiger partial charge in [-0.05, 0) is 11.1 Å². The molecule has 0 spiro atoms. The van der Waals surface area contributed by atoms with Crippen LogP contribution in [0.3, 0.4) is 0 Å². The molecule has 1 saturated heterocycles. The van der Waals surface area contributed by atoms with Gasteiger partial charge in [0.05, 0.1) is 29.1 Å². The summed E-state index contributed by atoms with van der Waals surface area (Å²) in [7, 11) is 0. The predicted molar refractivity (Wildman–Crippen MR) is 97.6 cm³/mol. The second-order valence-electron chi connectivity index (χ2n) is 6.47.